The number of nitrogens with zero attached hydrogens (tertiary/aromatic N) is 3. The van der Waals surface area contributed by atoms with Crippen molar-refractivity contribution < 1.29 is 28.8 Å². The van der Waals surface area contributed by atoms with Crippen molar-refractivity contribution in [3.8, 4) is 0 Å². The Kier molecular flexibility index (Phi) is 15.1. The lowest BCUT2D eigenvalue weighted by Gasteiger charge is -2.40. The monoisotopic (exact) mass is 844 g/mol. The number of nitrogens with one attached hydrogen (secondary N) is 3. The van der Waals surface area contributed by atoms with Gasteiger partial charge in [-0.05, 0) is 61.1 Å². The first-order chi connectivity index (χ1) is 30.2. The highest BCUT2D eigenvalue weighted by Gasteiger charge is 2.49. The number of hydrogen-bond acceptors (Lipinski definition) is 6. The van der Waals surface area contributed by atoms with E-state index in [2.05, 4.69) is 54.1 Å². The zero-order valence-electron chi connectivity index (χ0n) is 36.4. The van der Waals surface area contributed by atoms with Crippen molar-refractivity contribution in [2.75, 3.05) is 39.3 Å². The van der Waals surface area contributed by atoms with Gasteiger partial charge in [-0.1, -0.05) is 113 Å². The van der Waals surface area contributed by atoms with Gasteiger partial charge in [0.25, 0.3) is 11.8 Å². The SMILES string of the molecule is CCCCCCNC(=O)C1CN(C(=O)c2ccc(C(=O)N3C[C@@H](C(=O)N[C@H]4C[C@@H]4c4ccccc4)[C@H](C(=O)N[C@H]4C[C@@H]4c4ccccc4)C3)cc2)CCN1C(=O)CCCCCC. The number of benzene rings is 3. The van der Waals surface area contributed by atoms with Crippen molar-refractivity contribution in [1.29, 1.82) is 0 Å². The van der Waals surface area contributed by atoms with Crippen LogP contribution in [0.4, 0.5) is 0 Å². The molecule has 2 saturated carbocycles. The molecule has 0 spiro atoms. The summed E-state index contributed by atoms with van der Waals surface area (Å²) >= 11 is 0. The molecule has 7 rings (SSSR count). The Bertz CT molecular complexity index is 1950. The standard InChI is InChI=1S/C50H64N6O6/c1-3-5-7-15-21-45(57)56-28-27-54(33-44(56)48(60)51-26-16-8-6-4-2)49(61)36-22-24-37(25-23-36)50(62)55-31-40(46(58)52-42-29-38(42)34-17-11-9-12-18-34)41(32-55)47(59)53-43-30-39(43)35-19-13-10-14-20-35/h9-14,17-20,22-25,38-44H,3-8,15-16,21,26-33H2,1-2H3,(H,51,60)(H,52,58)(H,53,59)/t38-,39-,40-,41-,42+,43+,44?/m1/s1. The van der Waals surface area contributed by atoms with Gasteiger partial charge in [0.1, 0.15) is 6.04 Å². The minimum absolute atomic E-state index is 0.0198. The molecule has 12 heteroatoms. The average Bonchev–Trinajstić information content (AvgIpc) is 4.22. The predicted octanol–water partition coefficient (Wildman–Crippen LogP) is 6.04. The van der Waals surface area contributed by atoms with Crippen LogP contribution in [0.1, 0.15) is 128 Å². The Morgan fingerprint density at radius 1 is 0.548 bits per heavy atom. The molecular formula is C50H64N6O6. The first-order valence-electron chi connectivity index (χ1n) is 23.1. The average molecular weight is 845 g/mol. The highest BCUT2D eigenvalue weighted by Crippen LogP contribution is 2.42. The molecular weight excluding hydrogens is 781 g/mol. The summed E-state index contributed by atoms with van der Waals surface area (Å²) in [6, 6.07) is 25.8. The Morgan fingerprint density at radius 3 is 1.56 bits per heavy atom. The number of carbonyl (C=O) groups excluding carboxylic acids is 6. The van der Waals surface area contributed by atoms with E-state index >= 15 is 0 Å². The predicted molar refractivity (Wildman–Crippen MR) is 238 cm³/mol. The lowest BCUT2D eigenvalue weighted by atomic mass is 9.94. The first kappa shape index (κ1) is 44.5. The molecule has 2 saturated heterocycles. The third kappa shape index (κ3) is 11.1. The van der Waals surface area contributed by atoms with Crippen molar-refractivity contribution in [2.24, 2.45) is 11.8 Å². The number of unbranched alkanes of at least 4 members (excludes halogenated alkanes) is 6. The molecule has 3 aromatic rings. The van der Waals surface area contributed by atoms with Crippen LogP contribution in [0.2, 0.25) is 0 Å². The molecule has 3 N–H and O–H groups in total. The molecule has 2 aliphatic carbocycles. The maximum absolute atomic E-state index is 14.1. The van der Waals surface area contributed by atoms with Gasteiger partial charge in [0.15, 0.2) is 0 Å². The molecule has 62 heavy (non-hydrogen) atoms. The minimum atomic E-state index is -0.780. The van der Waals surface area contributed by atoms with Gasteiger partial charge in [0.05, 0.1) is 18.4 Å². The van der Waals surface area contributed by atoms with Crippen LogP contribution in [0.25, 0.3) is 0 Å². The van der Waals surface area contributed by atoms with Crippen LogP contribution in [-0.4, -0.2) is 108 Å². The fraction of sp³-hybridized carbons (Fsp3) is 0.520. The fourth-order valence-electron chi connectivity index (χ4n) is 9.27. The fourth-order valence-corrected chi connectivity index (χ4v) is 9.27. The molecule has 330 valence electrons. The van der Waals surface area contributed by atoms with E-state index in [0.717, 1.165) is 64.2 Å². The molecule has 4 fully saturated rings. The lowest BCUT2D eigenvalue weighted by molar-refractivity contribution is -0.143. The number of piperazine rings is 1. The van der Waals surface area contributed by atoms with Crippen molar-refractivity contribution in [2.45, 2.75) is 114 Å². The quantitative estimate of drug-likeness (QED) is 0.126. The normalized spacial score (nSPS) is 24.0. The third-order valence-corrected chi connectivity index (χ3v) is 13.2. The van der Waals surface area contributed by atoms with Gasteiger partial charge < -0.3 is 30.7 Å². The molecule has 7 atom stereocenters. The zero-order valence-corrected chi connectivity index (χ0v) is 36.4. The molecule has 2 heterocycles. The van der Waals surface area contributed by atoms with Crippen LogP contribution in [-0.2, 0) is 19.2 Å². The van der Waals surface area contributed by atoms with Crippen molar-refractivity contribution >= 4 is 35.4 Å². The molecule has 3 aromatic carbocycles. The maximum Gasteiger partial charge on any atom is 0.253 e. The molecule has 4 aliphatic rings. The molecule has 0 bridgehead atoms. The highest BCUT2D eigenvalue weighted by atomic mass is 16.2. The van der Waals surface area contributed by atoms with Crippen molar-refractivity contribution in [1.82, 2.24) is 30.7 Å². The summed E-state index contributed by atoms with van der Waals surface area (Å²) in [6.45, 7) is 5.63. The van der Waals surface area contributed by atoms with Crippen LogP contribution in [0, 0.1) is 11.8 Å². The van der Waals surface area contributed by atoms with E-state index in [0.29, 0.717) is 30.6 Å². The van der Waals surface area contributed by atoms with Gasteiger partial charge in [0, 0.05) is 74.2 Å². The Balaban J connectivity index is 0.993. The molecule has 1 unspecified atom stereocenters. The second-order valence-electron chi connectivity index (χ2n) is 17.8. The van der Waals surface area contributed by atoms with Crippen LogP contribution in [0.5, 0.6) is 0 Å². The van der Waals surface area contributed by atoms with E-state index in [1.807, 2.05) is 36.4 Å². The van der Waals surface area contributed by atoms with Crippen LogP contribution >= 0.6 is 0 Å². The summed E-state index contributed by atoms with van der Waals surface area (Å²) in [5.74, 6) is -2.32. The summed E-state index contributed by atoms with van der Waals surface area (Å²) in [4.78, 5) is 87.5. The maximum atomic E-state index is 14.1. The van der Waals surface area contributed by atoms with Gasteiger partial charge in [-0.15, -0.1) is 0 Å². The largest absolute Gasteiger partial charge is 0.354 e. The Labute approximate surface area is 366 Å². The molecule has 0 radical (unpaired) electrons. The summed E-state index contributed by atoms with van der Waals surface area (Å²) < 4.78 is 0. The van der Waals surface area contributed by atoms with Crippen LogP contribution < -0.4 is 16.0 Å². The molecule has 0 aromatic heterocycles. The summed E-state index contributed by atoms with van der Waals surface area (Å²) in [5.41, 5.74) is 3.05. The Hall–Kier alpha value is -5.52. The van der Waals surface area contributed by atoms with Gasteiger partial charge in [0.2, 0.25) is 23.6 Å². The third-order valence-electron chi connectivity index (χ3n) is 13.2. The number of rotatable bonds is 19. The molecule has 12 nitrogen and oxygen atoms in total. The van der Waals surface area contributed by atoms with E-state index in [1.54, 1.807) is 39.0 Å². The topological polar surface area (TPSA) is 148 Å². The second-order valence-corrected chi connectivity index (χ2v) is 17.8. The number of hydrogen-bond donors (Lipinski definition) is 3. The van der Waals surface area contributed by atoms with Gasteiger partial charge in [-0.3, -0.25) is 28.8 Å². The van der Waals surface area contributed by atoms with E-state index in [4.69, 9.17) is 0 Å². The van der Waals surface area contributed by atoms with Crippen molar-refractivity contribution in [3.63, 3.8) is 0 Å². The summed E-state index contributed by atoms with van der Waals surface area (Å²) in [7, 11) is 0. The molecule has 2 aliphatic heterocycles. The van der Waals surface area contributed by atoms with Crippen LogP contribution in [0.3, 0.4) is 0 Å². The first-order valence-corrected chi connectivity index (χ1v) is 23.1. The van der Waals surface area contributed by atoms with Crippen LogP contribution in [0.15, 0.2) is 84.9 Å². The molecule has 6 amide bonds. The second kappa shape index (κ2) is 21.0. The summed E-state index contributed by atoms with van der Waals surface area (Å²) in [5, 5.41) is 9.39. The van der Waals surface area contributed by atoms with Gasteiger partial charge >= 0.3 is 0 Å². The van der Waals surface area contributed by atoms with Crippen molar-refractivity contribution in [3.05, 3.63) is 107 Å². The summed E-state index contributed by atoms with van der Waals surface area (Å²) in [6.07, 6.45) is 9.94. The Morgan fingerprint density at radius 2 is 1.05 bits per heavy atom. The zero-order chi connectivity index (χ0) is 43.6. The van der Waals surface area contributed by atoms with Gasteiger partial charge in [-0.2, -0.15) is 0 Å². The van der Waals surface area contributed by atoms with E-state index < -0.39 is 17.9 Å². The van der Waals surface area contributed by atoms with E-state index in [-0.39, 0.29) is 85.5 Å². The number of carbonyl (C=O) groups is 6. The highest BCUT2D eigenvalue weighted by molar-refractivity contribution is 6.00. The lowest BCUT2D eigenvalue weighted by Crippen LogP contribution is -2.61. The smallest absolute Gasteiger partial charge is 0.253 e. The number of amides is 6. The van der Waals surface area contributed by atoms with E-state index in [1.165, 1.54) is 11.1 Å². The minimum Gasteiger partial charge on any atom is -0.354 e. The number of likely N-dealkylation sites (tertiary alicyclic amines) is 1. The van der Waals surface area contributed by atoms with E-state index in [9.17, 15) is 28.8 Å². The van der Waals surface area contributed by atoms with Gasteiger partial charge in [-0.25, -0.2) is 0 Å².